The fourth-order valence-corrected chi connectivity index (χ4v) is 14.4. The van der Waals surface area contributed by atoms with Crippen molar-refractivity contribution in [2.75, 3.05) is 69.2 Å². The minimum absolute atomic E-state index is 0.105. The fraction of sp³-hybridized carbons (Fsp3) is 0.509. The summed E-state index contributed by atoms with van der Waals surface area (Å²) in [6.45, 7) is -1.33. The number of nitrogens with zero attached hydrogens (tertiary/aromatic N) is 20. The number of aliphatic hydroxyl groups excluding tert-OH is 10. The van der Waals surface area contributed by atoms with E-state index in [1.54, 1.807) is 46.4 Å². The summed E-state index contributed by atoms with van der Waals surface area (Å²) in [4.78, 5) is 136. The van der Waals surface area contributed by atoms with Crippen molar-refractivity contribution in [3.8, 4) is 0 Å². The van der Waals surface area contributed by atoms with Crippen molar-refractivity contribution in [3.63, 3.8) is 0 Å². The lowest BCUT2D eigenvalue weighted by molar-refractivity contribution is -0.0504. The van der Waals surface area contributed by atoms with Crippen LogP contribution < -0.4 is 27.6 Å². The topological polar surface area (TPSA) is 902 Å². The highest BCUT2D eigenvalue weighted by Gasteiger charge is 2.51. The molecule has 0 aromatic carbocycles. The highest BCUT2D eigenvalue weighted by molar-refractivity contribution is 7.47. The summed E-state index contributed by atoms with van der Waals surface area (Å²) in [6.07, 6.45) is -14.2. The van der Waals surface area contributed by atoms with Crippen LogP contribution in [-0.2, 0) is 76.2 Å². The minimum atomic E-state index is -4.80. The Hall–Kier alpha value is -8.78. The molecular formula is C57H80N25O35P5. The van der Waals surface area contributed by atoms with Gasteiger partial charge in [0.2, 0.25) is 5.95 Å². The summed E-state index contributed by atoms with van der Waals surface area (Å²) in [5, 5.41) is 118. The average molecular weight is 1830 g/mol. The lowest BCUT2D eigenvalue weighted by atomic mass is 10.1. The number of imidazole rings is 5. The van der Waals surface area contributed by atoms with Gasteiger partial charge in [-0.2, -0.15) is 0 Å². The second kappa shape index (κ2) is 38.0. The predicted molar refractivity (Wildman–Crippen MR) is 401 cm³/mol. The van der Waals surface area contributed by atoms with Crippen molar-refractivity contribution in [1.29, 1.82) is 5.41 Å². The van der Waals surface area contributed by atoms with Gasteiger partial charge in [0.15, 0.2) is 76.2 Å². The Morgan fingerprint density at radius 3 is 1.16 bits per heavy atom. The summed E-state index contributed by atoms with van der Waals surface area (Å²) in [5.74, 6) is 0.740. The number of anilines is 4. The van der Waals surface area contributed by atoms with E-state index in [1.807, 2.05) is 0 Å². The SMILES string of the molecule is CNc1ccnc2c1ncn2[C@@H]1O[C@H](COP(=O)(O)O)[C@@H](O)[C@H]1O.CNc1nc(C)nc2c1ncn2[C@@H]1O[C@H](COP(=O)(O)O)[C@@H](O)[C@H]1O.Cn1cnc2c(ncn2[C@@H]2O[C@H](COP(=O)(O)O)[C@@H](O)[C@H]2O)c1=N.Nc1ccnc2c1ncn2[C@@H]1O[C@H](COP(=O)(O)O)[C@@H](O)[C@H]1O.[N-]=[N+]=Nc1nc2c(N)ccnc2n1[C@@H]1O[C@H](COP(=O)(O)O)[C@@H](O)[C@H]1O. The van der Waals surface area contributed by atoms with Crippen LogP contribution in [0.3, 0.4) is 0 Å². The fourth-order valence-electron chi connectivity index (χ4n) is 12.7. The number of hydrogen-bond donors (Lipinski definition) is 25. The van der Waals surface area contributed by atoms with E-state index in [4.69, 9.17) is 95.0 Å². The Kier molecular flexibility index (Phi) is 29.2. The largest absolute Gasteiger partial charge is 0.469 e. The summed E-state index contributed by atoms with van der Waals surface area (Å²) in [7, 11) is -18.6. The first-order valence-corrected chi connectivity index (χ1v) is 42.5. The van der Waals surface area contributed by atoms with Gasteiger partial charge in [-0.3, -0.25) is 50.9 Å². The first-order chi connectivity index (χ1) is 57.2. The maximum absolute atomic E-state index is 10.8. The zero-order valence-corrected chi connectivity index (χ0v) is 67.3. The van der Waals surface area contributed by atoms with Crippen molar-refractivity contribution in [2.45, 2.75) is 130 Å². The summed E-state index contributed by atoms with van der Waals surface area (Å²) in [5.41, 5.74) is 25.2. The van der Waals surface area contributed by atoms with E-state index in [1.165, 1.54) is 72.9 Å². The number of ether oxygens (including phenoxy) is 5. The van der Waals surface area contributed by atoms with Crippen LogP contribution in [0, 0.1) is 12.3 Å². The van der Waals surface area contributed by atoms with E-state index in [9.17, 15) is 73.9 Å². The first kappa shape index (κ1) is 93.9. The van der Waals surface area contributed by atoms with Crippen LogP contribution in [0.2, 0.25) is 0 Å². The van der Waals surface area contributed by atoms with Crippen LogP contribution in [0.15, 0.2) is 73.5 Å². The molecule has 0 amide bonds. The maximum Gasteiger partial charge on any atom is 0.469 e. The van der Waals surface area contributed by atoms with Gasteiger partial charge >= 0.3 is 39.1 Å². The Bertz CT molecular complexity index is 5740. The number of phosphoric acid groups is 5. The molecule has 10 aromatic heterocycles. The van der Waals surface area contributed by atoms with Gasteiger partial charge in [0.1, 0.15) is 119 Å². The molecule has 0 spiro atoms. The molecule has 5 saturated heterocycles. The molecular weight excluding hydrogens is 1750 g/mol. The van der Waals surface area contributed by atoms with Gasteiger partial charge < -0.3 is 150 Å². The van der Waals surface area contributed by atoms with Gasteiger partial charge in [-0.25, -0.2) is 77.6 Å². The van der Waals surface area contributed by atoms with Crippen LogP contribution in [0.5, 0.6) is 0 Å². The Labute approximate surface area is 679 Å². The summed E-state index contributed by atoms with van der Waals surface area (Å²) >= 11 is 0. The molecule has 10 aromatic rings. The highest BCUT2D eigenvalue weighted by Crippen LogP contribution is 2.46. The van der Waals surface area contributed by atoms with Gasteiger partial charge in [-0.05, 0) is 35.8 Å². The molecule has 65 heteroatoms. The summed E-state index contributed by atoms with van der Waals surface area (Å²) < 4.78 is 111. The molecule has 668 valence electrons. The number of nitrogens with one attached hydrogen (secondary N) is 3. The number of aromatic nitrogens is 17. The van der Waals surface area contributed by atoms with Crippen LogP contribution in [-0.4, -0.2) is 321 Å². The third-order valence-corrected chi connectivity index (χ3v) is 20.9. The van der Waals surface area contributed by atoms with Crippen LogP contribution in [0.1, 0.15) is 37.0 Å². The normalized spacial score (nSPS) is 27.4. The van der Waals surface area contributed by atoms with Crippen molar-refractivity contribution in [3.05, 3.63) is 90.2 Å². The highest BCUT2D eigenvalue weighted by atomic mass is 31.2. The molecule has 5 fully saturated rings. The molecule has 15 rings (SSSR count). The quantitative estimate of drug-likeness (QED) is 0.0123. The zero-order chi connectivity index (χ0) is 89.3. The molecule has 20 atom stereocenters. The third-order valence-electron chi connectivity index (χ3n) is 18.5. The number of nitrogen functional groups attached to an aromatic ring is 2. The second-order valence-electron chi connectivity index (χ2n) is 26.6. The van der Waals surface area contributed by atoms with Crippen molar-refractivity contribution >= 4 is 124 Å². The molecule has 5 aliphatic heterocycles. The second-order valence-corrected chi connectivity index (χ2v) is 32.8. The summed E-state index contributed by atoms with van der Waals surface area (Å²) in [6, 6.07) is 4.77. The molecule has 0 radical (unpaired) electrons. The monoisotopic (exact) mass is 1830 g/mol. The molecule has 15 heterocycles. The average Bonchev–Trinajstić information content (AvgIpc) is 1.62. The molecule has 27 N–H and O–H groups in total. The smallest absolute Gasteiger partial charge is 0.397 e. The number of pyridine rings is 3. The van der Waals surface area contributed by atoms with Gasteiger partial charge in [0.25, 0.3) is 0 Å². The van der Waals surface area contributed by atoms with Gasteiger partial charge in [0, 0.05) is 44.6 Å². The Balaban J connectivity index is 0.000000149. The maximum atomic E-state index is 10.8. The van der Waals surface area contributed by atoms with E-state index in [0.29, 0.717) is 50.8 Å². The number of nitrogens with two attached hydrogens (primary N) is 2. The molecule has 0 bridgehead atoms. The minimum Gasteiger partial charge on any atom is -0.397 e. The number of fused-ring (bicyclic) bond motifs is 5. The van der Waals surface area contributed by atoms with E-state index in [-0.39, 0.29) is 39.5 Å². The molecule has 122 heavy (non-hydrogen) atoms. The molecule has 0 saturated carbocycles. The van der Waals surface area contributed by atoms with E-state index >= 15 is 0 Å². The number of aryl methyl sites for hydroxylation is 2. The third kappa shape index (κ3) is 21.4. The standard InChI is InChI=1S/C12H18N5O7P.C12H17N4O7P.C11H14N7O7P.C11H16N5O7P.C11H15N4O7P/c1-5-15-10(13-2)7-11(16-5)17(4-14-7)12-9(19)8(18)6(24-12)3-23-25(20,21)22;1-13-6-2-3-14-11-8(6)15-5-16(11)12-10(18)9(17)7(23-12)4-22-24(19,20)21;12-4-1-2-14-9-6(4)15-11(16-17-13)18(9)10-8(20)7(19)5(25-10)3-24-26(21,22)23;1-15-3-14-10-6(9(15)12)13-4-16(10)11-8(18)7(17)5(23-11)2-22-24(19,20)21;12-5-1-2-13-10-7(5)14-4-15(10)11-9(17)8(16)6(22-11)3-21-23(18,19)20/h4,6,8-9,12,18-19H,3H2,1-2H3,(H,13,15,16)(H2,20,21,22);2-3,5,7,9-10,12,17-18H,4H2,1H3,(H,13,14)(H2,19,20,21);1-2,5,7-8,10,19-20H,3H2,(H2,12,14)(H2,21,22,23);3-5,7-8,11-12,17-18H,2H2,1H3,(H2,19,20,21);1-2,4,6,8-9,11,16-17H,3H2,(H2,12,13)(H2,18,19,20)/t6-,8-,9-,12-;7-,9-,10-,12-;5-,7-,8-,10-;5-,7-,8-,11-;6-,8-,9-,11-/m11111/s1. The Morgan fingerprint density at radius 2 is 0.770 bits per heavy atom. The number of azide groups is 1. The Morgan fingerprint density at radius 1 is 0.434 bits per heavy atom. The van der Waals surface area contributed by atoms with Crippen molar-refractivity contribution in [1.82, 2.24) is 82.2 Å². The van der Waals surface area contributed by atoms with Gasteiger partial charge in [-0.1, -0.05) is 0 Å². The van der Waals surface area contributed by atoms with E-state index in [2.05, 4.69) is 98.1 Å². The van der Waals surface area contributed by atoms with Gasteiger partial charge in [-0.15, -0.1) is 0 Å². The molecule has 5 aliphatic rings. The number of rotatable bonds is 23. The molecule has 60 nitrogen and oxygen atoms in total. The lowest BCUT2D eigenvalue weighted by Gasteiger charge is -2.18. The first-order valence-electron chi connectivity index (χ1n) is 34.9. The number of hydrogen-bond acceptors (Lipinski definition) is 42. The van der Waals surface area contributed by atoms with Crippen molar-refractivity contribution in [2.24, 2.45) is 12.2 Å². The van der Waals surface area contributed by atoms with Crippen molar-refractivity contribution < 1.29 is 169 Å². The molecule has 0 unspecified atom stereocenters. The van der Waals surface area contributed by atoms with Crippen LogP contribution in [0.25, 0.3) is 66.3 Å². The number of aliphatic hydroxyl groups is 10. The van der Waals surface area contributed by atoms with Crippen LogP contribution >= 0.6 is 39.1 Å². The zero-order valence-electron chi connectivity index (χ0n) is 62.8. The van der Waals surface area contributed by atoms with E-state index < -0.39 is 195 Å². The van der Waals surface area contributed by atoms with Gasteiger partial charge in [0.05, 0.1) is 81.7 Å². The predicted octanol–water partition coefficient (Wildman–Crippen LogP) is -5.49. The van der Waals surface area contributed by atoms with E-state index in [0.717, 1.165) is 10.3 Å². The molecule has 0 aliphatic carbocycles. The lowest BCUT2D eigenvalue weighted by Crippen LogP contribution is -2.33. The number of phosphoric ester groups is 5. The van der Waals surface area contributed by atoms with Crippen LogP contribution in [0.4, 0.5) is 28.8 Å².